The lowest BCUT2D eigenvalue weighted by Gasteiger charge is -2.09. The van der Waals surface area contributed by atoms with Crippen molar-refractivity contribution in [2.45, 2.75) is 25.7 Å². The van der Waals surface area contributed by atoms with E-state index in [0.29, 0.717) is 6.42 Å². The van der Waals surface area contributed by atoms with Gasteiger partial charge in [0.1, 0.15) is 0 Å². The molecule has 0 radical (unpaired) electrons. The van der Waals surface area contributed by atoms with Crippen LogP contribution in [-0.4, -0.2) is 27.3 Å². The molecule has 1 aromatic carbocycles. The first-order valence-electron chi connectivity index (χ1n) is 5.99. The summed E-state index contributed by atoms with van der Waals surface area (Å²) in [7, 11) is 4.66. The van der Waals surface area contributed by atoms with Gasteiger partial charge >= 0.3 is 5.97 Å². The average molecular weight is 252 g/mol. The number of ether oxygens (including phenoxy) is 3. The van der Waals surface area contributed by atoms with Crippen LogP contribution in [0.4, 0.5) is 0 Å². The normalized spacial score (nSPS) is 9.94. The van der Waals surface area contributed by atoms with Crippen molar-refractivity contribution in [1.82, 2.24) is 0 Å². The molecule has 0 aliphatic rings. The molecule has 0 aliphatic carbocycles. The molecule has 4 heteroatoms. The van der Waals surface area contributed by atoms with E-state index in [9.17, 15) is 4.79 Å². The molecule has 0 unspecified atom stereocenters. The summed E-state index contributed by atoms with van der Waals surface area (Å²) in [5, 5.41) is 0. The number of aryl methyl sites for hydroxylation is 1. The Balaban J connectivity index is 2.45. The van der Waals surface area contributed by atoms with Crippen molar-refractivity contribution in [3.63, 3.8) is 0 Å². The summed E-state index contributed by atoms with van der Waals surface area (Å²) >= 11 is 0. The number of methoxy groups -OCH3 is 3. The summed E-state index contributed by atoms with van der Waals surface area (Å²) < 4.78 is 15.0. The predicted molar refractivity (Wildman–Crippen MR) is 69.1 cm³/mol. The first kappa shape index (κ1) is 14.4. The first-order chi connectivity index (χ1) is 8.71. The smallest absolute Gasteiger partial charge is 0.305 e. The van der Waals surface area contributed by atoms with Crippen molar-refractivity contribution in [2.24, 2.45) is 0 Å². The Morgan fingerprint density at radius 2 is 1.78 bits per heavy atom. The van der Waals surface area contributed by atoms with E-state index in [4.69, 9.17) is 9.47 Å². The van der Waals surface area contributed by atoms with Crippen molar-refractivity contribution in [1.29, 1.82) is 0 Å². The van der Waals surface area contributed by atoms with Crippen LogP contribution < -0.4 is 9.47 Å². The van der Waals surface area contributed by atoms with Crippen LogP contribution in [0, 0.1) is 0 Å². The van der Waals surface area contributed by atoms with Gasteiger partial charge in [0.15, 0.2) is 11.5 Å². The fourth-order valence-electron chi connectivity index (χ4n) is 1.74. The number of unbranched alkanes of at least 4 members (excludes halogenated alkanes) is 1. The second-order valence-corrected chi connectivity index (χ2v) is 3.97. The number of hydrogen-bond acceptors (Lipinski definition) is 4. The Kier molecular flexibility index (Phi) is 6.05. The minimum atomic E-state index is -0.151. The van der Waals surface area contributed by atoms with E-state index in [1.54, 1.807) is 14.2 Å². The van der Waals surface area contributed by atoms with Crippen LogP contribution in [0.1, 0.15) is 24.8 Å². The number of rotatable bonds is 7. The molecule has 0 saturated carbocycles. The molecule has 4 nitrogen and oxygen atoms in total. The largest absolute Gasteiger partial charge is 0.493 e. The lowest BCUT2D eigenvalue weighted by Crippen LogP contribution is -2.00. The van der Waals surface area contributed by atoms with Gasteiger partial charge in [-0.15, -0.1) is 0 Å². The lowest BCUT2D eigenvalue weighted by atomic mass is 10.1. The molecule has 0 heterocycles. The Labute approximate surface area is 108 Å². The Hall–Kier alpha value is -1.71. The molecule has 0 aliphatic heterocycles. The third-order valence-corrected chi connectivity index (χ3v) is 2.77. The lowest BCUT2D eigenvalue weighted by molar-refractivity contribution is -0.140. The van der Waals surface area contributed by atoms with Crippen molar-refractivity contribution >= 4 is 5.97 Å². The molecule has 0 amide bonds. The standard InChI is InChI=1S/C14H20O4/c1-16-12-9-8-11(10-13(12)17-2)6-4-5-7-14(15)18-3/h8-10H,4-7H2,1-3H3. The Bertz CT molecular complexity index is 387. The van der Waals surface area contributed by atoms with Crippen molar-refractivity contribution in [3.05, 3.63) is 23.8 Å². The van der Waals surface area contributed by atoms with Gasteiger partial charge < -0.3 is 14.2 Å². The molecular weight excluding hydrogens is 232 g/mol. The van der Waals surface area contributed by atoms with Gasteiger partial charge in [-0.1, -0.05) is 6.07 Å². The van der Waals surface area contributed by atoms with E-state index in [-0.39, 0.29) is 5.97 Å². The van der Waals surface area contributed by atoms with Gasteiger partial charge in [0, 0.05) is 6.42 Å². The number of hydrogen-bond donors (Lipinski definition) is 0. The topological polar surface area (TPSA) is 44.8 Å². The zero-order valence-electron chi connectivity index (χ0n) is 11.2. The number of benzene rings is 1. The van der Waals surface area contributed by atoms with E-state index in [1.807, 2.05) is 18.2 Å². The zero-order chi connectivity index (χ0) is 13.4. The van der Waals surface area contributed by atoms with Gasteiger partial charge in [0.05, 0.1) is 21.3 Å². The summed E-state index contributed by atoms with van der Waals surface area (Å²) in [6.07, 6.45) is 3.17. The van der Waals surface area contributed by atoms with Gasteiger partial charge in [0.2, 0.25) is 0 Å². The van der Waals surface area contributed by atoms with Crippen LogP contribution in [0.2, 0.25) is 0 Å². The highest BCUT2D eigenvalue weighted by molar-refractivity contribution is 5.68. The Morgan fingerprint density at radius 1 is 1.06 bits per heavy atom. The van der Waals surface area contributed by atoms with Gasteiger partial charge in [-0.2, -0.15) is 0 Å². The first-order valence-corrected chi connectivity index (χ1v) is 5.99. The summed E-state index contributed by atoms with van der Waals surface area (Å²) in [6, 6.07) is 5.88. The summed E-state index contributed by atoms with van der Waals surface area (Å²) in [4.78, 5) is 10.9. The summed E-state index contributed by atoms with van der Waals surface area (Å²) in [5.74, 6) is 1.32. The van der Waals surface area contributed by atoms with Gasteiger partial charge in [-0.05, 0) is 37.0 Å². The maximum Gasteiger partial charge on any atom is 0.305 e. The molecule has 0 bridgehead atoms. The average Bonchev–Trinajstić information content (AvgIpc) is 2.42. The van der Waals surface area contributed by atoms with Crippen molar-refractivity contribution in [2.75, 3.05) is 21.3 Å². The molecule has 0 aromatic heterocycles. The second kappa shape index (κ2) is 7.58. The molecule has 0 fully saturated rings. The number of carbonyl (C=O) groups is 1. The van der Waals surface area contributed by atoms with Crippen LogP contribution >= 0.6 is 0 Å². The van der Waals surface area contributed by atoms with Crippen LogP contribution in [0.15, 0.2) is 18.2 Å². The van der Waals surface area contributed by atoms with Crippen LogP contribution in [0.5, 0.6) is 11.5 Å². The third kappa shape index (κ3) is 4.28. The highest BCUT2D eigenvalue weighted by atomic mass is 16.5. The fraction of sp³-hybridized carbons (Fsp3) is 0.500. The van der Waals surface area contributed by atoms with Crippen molar-refractivity contribution < 1.29 is 19.0 Å². The fourth-order valence-corrected chi connectivity index (χ4v) is 1.74. The van der Waals surface area contributed by atoms with Gasteiger partial charge in [-0.25, -0.2) is 0 Å². The van der Waals surface area contributed by atoms with E-state index in [1.165, 1.54) is 12.7 Å². The van der Waals surface area contributed by atoms with E-state index in [0.717, 1.165) is 30.8 Å². The summed E-state index contributed by atoms with van der Waals surface area (Å²) in [6.45, 7) is 0. The molecular formula is C14H20O4. The predicted octanol–water partition coefficient (Wildman–Crippen LogP) is 2.59. The van der Waals surface area contributed by atoms with Gasteiger partial charge in [0.25, 0.3) is 0 Å². The molecule has 0 atom stereocenters. The van der Waals surface area contributed by atoms with E-state index < -0.39 is 0 Å². The number of carbonyl (C=O) groups excluding carboxylic acids is 1. The molecule has 0 N–H and O–H groups in total. The zero-order valence-corrected chi connectivity index (χ0v) is 11.2. The minimum absolute atomic E-state index is 0.151. The molecule has 0 spiro atoms. The number of esters is 1. The second-order valence-electron chi connectivity index (χ2n) is 3.97. The maximum absolute atomic E-state index is 10.9. The van der Waals surface area contributed by atoms with Crippen molar-refractivity contribution in [3.8, 4) is 11.5 Å². The van der Waals surface area contributed by atoms with Crippen LogP contribution in [-0.2, 0) is 16.0 Å². The Morgan fingerprint density at radius 3 is 2.39 bits per heavy atom. The third-order valence-electron chi connectivity index (χ3n) is 2.77. The van der Waals surface area contributed by atoms with Gasteiger partial charge in [-0.3, -0.25) is 4.79 Å². The SMILES string of the molecule is COC(=O)CCCCc1ccc(OC)c(OC)c1. The molecule has 1 rings (SSSR count). The minimum Gasteiger partial charge on any atom is -0.493 e. The summed E-state index contributed by atoms with van der Waals surface area (Å²) in [5.41, 5.74) is 1.18. The monoisotopic (exact) mass is 252 g/mol. The highest BCUT2D eigenvalue weighted by Crippen LogP contribution is 2.28. The van der Waals surface area contributed by atoms with E-state index >= 15 is 0 Å². The van der Waals surface area contributed by atoms with E-state index in [2.05, 4.69) is 4.74 Å². The highest BCUT2D eigenvalue weighted by Gasteiger charge is 2.05. The molecule has 1 aromatic rings. The van der Waals surface area contributed by atoms with Crippen LogP contribution in [0.3, 0.4) is 0 Å². The molecule has 18 heavy (non-hydrogen) atoms. The maximum atomic E-state index is 10.9. The molecule has 100 valence electrons. The van der Waals surface area contributed by atoms with Crippen LogP contribution in [0.25, 0.3) is 0 Å². The quantitative estimate of drug-likeness (QED) is 0.552. The molecule has 0 saturated heterocycles.